The Labute approximate surface area is 152 Å². The first-order valence-corrected chi connectivity index (χ1v) is 9.21. The molecule has 0 radical (unpaired) electrons. The van der Waals surface area contributed by atoms with Gasteiger partial charge < -0.3 is 0 Å². The molecule has 0 saturated carbocycles. The molecule has 0 saturated heterocycles. The third-order valence-electron chi connectivity index (χ3n) is 3.65. The highest BCUT2D eigenvalue weighted by molar-refractivity contribution is 7.91. The van der Waals surface area contributed by atoms with Gasteiger partial charge in [-0.05, 0) is 42.0 Å². The molecule has 1 aromatic heterocycles. The van der Waals surface area contributed by atoms with E-state index in [0.717, 1.165) is 11.6 Å². The van der Waals surface area contributed by atoms with Crippen molar-refractivity contribution in [3.05, 3.63) is 77.1 Å². The summed E-state index contributed by atoms with van der Waals surface area (Å²) in [6.45, 7) is 0.447. The maximum atomic E-state index is 12.9. The van der Waals surface area contributed by atoms with Gasteiger partial charge in [0.05, 0.1) is 21.9 Å². The molecule has 136 valence electrons. The Morgan fingerprint density at radius 3 is 2.31 bits per heavy atom. The lowest BCUT2D eigenvalue weighted by Crippen LogP contribution is -2.09. The van der Waals surface area contributed by atoms with Crippen LogP contribution in [0.5, 0.6) is 0 Å². The van der Waals surface area contributed by atoms with E-state index in [1.807, 2.05) is 0 Å². The Hall–Kier alpha value is -2.32. The molecule has 3 rings (SSSR count). The minimum Gasteiger partial charge on any atom is -0.268 e. The predicted molar refractivity (Wildman–Crippen MR) is 89.7 cm³/mol. The van der Waals surface area contributed by atoms with E-state index in [-0.39, 0.29) is 9.92 Å². The smallest absolute Gasteiger partial charge is 0.268 e. The van der Waals surface area contributed by atoms with Gasteiger partial charge in [-0.3, -0.25) is 4.68 Å². The lowest BCUT2D eigenvalue weighted by molar-refractivity contribution is -0.137. The third kappa shape index (κ3) is 3.91. The van der Waals surface area contributed by atoms with Gasteiger partial charge in [-0.25, -0.2) is 8.42 Å². The second kappa shape index (κ2) is 6.77. The van der Waals surface area contributed by atoms with Gasteiger partial charge in [0.15, 0.2) is 0 Å². The van der Waals surface area contributed by atoms with E-state index in [1.165, 1.54) is 12.1 Å². The van der Waals surface area contributed by atoms with Crippen LogP contribution >= 0.6 is 11.6 Å². The van der Waals surface area contributed by atoms with Gasteiger partial charge in [-0.1, -0.05) is 23.7 Å². The maximum Gasteiger partial charge on any atom is 0.416 e. The highest BCUT2D eigenvalue weighted by atomic mass is 35.5. The number of nitrogens with zero attached hydrogens (tertiary/aromatic N) is 2. The molecule has 0 fully saturated rings. The molecular formula is C17H12ClF3N2O2S. The van der Waals surface area contributed by atoms with Crippen LogP contribution in [0.15, 0.2) is 70.7 Å². The lowest BCUT2D eigenvalue weighted by atomic mass is 10.2. The largest absolute Gasteiger partial charge is 0.416 e. The Morgan fingerprint density at radius 1 is 1.04 bits per heavy atom. The summed E-state index contributed by atoms with van der Waals surface area (Å²) in [6, 6.07) is 9.91. The molecule has 0 aliphatic rings. The average Bonchev–Trinajstić information content (AvgIpc) is 3.07. The van der Waals surface area contributed by atoms with E-state index >= 15 is 0 Å². The van der Waals surface area contributed by atoms with Gasteiger partial charge in [0, 0.05) is 17.4 Å². The zero-order valence-electron chi connectivity index (χ0n) is 13.1. The number of sulfone groups is 1. The fraction of sp³-hybridized carbons (Fsp3) is 0.118. The van der Waals surface area contributed by atoms with Crippen LogP contribution in [0.2, 0.25) is 5.02 Å². The molecule has 3 aromatic rings. The highest BCUT2D eigenvalue weighted by Gasteiger charge is 2.32. The van der Waals surface area contributed by atoms with Gasteiger partial charge in [-0.2, -0.15) is 18.3 Å². The molecule has 26 heavy (non-hydrogen) atoms. The lowest BCUT2D eigenvalue weighted by Gasteiger charge is -2.11. The number of hydrogen-bond acceptors (Lipinski definition) is 3. The monoisotopic (exact) mass is 400 g/mol. The SMILES string of the molecule is O=S(=O)(c1ccc(Cn2cccn2)cc1)c1cc(Cl)cc(C(F)(F)F)c1. The number of aromatic nitrogens is 2. The average molecular weight is 401 g/mol. The van der Waals surface area contributed by atoms with Crippen molar-refractivity contribution in [1.82, 2.24) is 9.78 Å². The zero-order valence-corrected chi connectivity index (χ0v) is 14.7. The Bertz CT molecular complexity index is 1020. The molecule has 0 aliphatic heterocycles. The van der Waals surface area contributed by atoms with Crippen LogP contribution in [0.4, 0.5) is 13.2 Å². The van der Waals surface area contributed by atoms with Gasteiger partial charge >= 0.3 is 6.18 Å². The molecule has 0 bridgehead atoms. The number of benzene rings is 2. The van der Waals surface area contributed by atoms with Crippen molar-refractivity contribution in [2.24, 2.45) is 0 Å². The molecule has 4 nitrogen and oxygen atoms in total. The van der Waals surface area contributed by atoms with Crippen molar-refractivity contribution in [2.75, 3.05) is 0 Å². The van der Waals surface area contributed by atoms with E-state index in [9.17, 15) is 21.6 Å². The van der Waals surface area contributed by atoms with Crippen molar-refractivity contribution in [3.63, 3.8) is 0 Å². The number of halogens is 4. The van der Waals surface area contributed by atoms with Gasteiger partial charge in [-0.15, -0.1) is 0 Å². The van der Waals surface area contributed by atoms with Crippen molar-refractivity contribution in [3.8, 4) is 0 Å². The summed E-state index contributed by atoms with van der Waals surface area (Å²) in [5, 5.41) is 3.75. The fourth-order valence-electron chi connectivity index (χ4n) is 2.37. The first-order valence-electron chi connectivity index (χ1n) is 7.35. The third-order valence-corrected chi connectivity index (χ3v) is 5.61. The van der Waals surface area contributed by atoms with Crippen LogP contribution in [0.3, 0.4) is 0 Å². The van der Waals surface area contributed by atoms with Gasteiger partial charge in [0.1, 0.15) is 0 Å². The Kier molecular flexibility index (Phi) is 4.81. The number of rotatable bonds is 4. The van der Waals surface area contributed by atoms with Crippen molar-refractivity contribution < 1.29 is 21.6 Å². The number of alkyl halides is 3. The quantitative estimate of drug-likeness (QED) is 0.650. The first-order chi connectivity index (χ1) is 12.2. The van der Waals surface area contributed by atoms with Crippen LogP contribution < -0.4 is 0 Å². The zero-order chi connectivity index (χ0) is 18.9. The molecular weight excluding hydrogens is 389 g/mol. The van der Waals surface area contributed by atoms with Crippen molar-refractivity contribution in [2.45, 2.75) is 22.5 Å². The van der Waals surface area contributed by atoms with E-state index in [4.69, 9.17) is 11.6 Å². The highest BCUT2D eigenvalue weighted by Crippen LogP contribution is 2.34. The number of hydrogen-bond donors (Lipinski definition) is 0. The molecule has 0 N–H and O–H groups in total. The van der Waals surface area contributed by atoms with E-state index in [1.54, 1.807) is 35.3 Å². The summed E-state index contributed by atoms with van der Waals surface area (Å²) in [7, 11) is -4.13. The van der Waals surface area contributed by atoms with E-state index < -0.39 is 26.5 Å². The summed E-state index contributed by atoms with van der Waals surface area (Å²) in [5.41, 5.74) is -0.311. The molecule has 0 atom stereocenters. The van der Waals surface area contributed by atoms with E-state index in [0.29, 0.717) is 18.7 Å². The van der Waals surface area contributed by atoms with Crippen LogP contribution in [0.25, 0.3) is 0 Å². The molecule has 0 unspecified atom stereocenters. The molecule has 0 amide bonds. The van der Waals surface area contributed by atoms with Crippen LogP contribution in [-0.4, -0.2) is 18.2 Å². The predicted octanol–water partition coefficient (Wildman–Crippen LogP) is 4.44. The van der Waals surface area contributed by atoms with Crippen molar-refractivity contribution in [1.29, 1.82) is 0 Å². The standard InChI is InChI=1S/C17H12ClF3N2O2S/c18-14-8-13(17(19,20)21)9-16(10-14)26(24,25)15-4-2-12(3-5-15)11-23-7-1-6-22-23/h1-10H,11H2. The summed E-state index contributed by atoms with van der Waals surface area (Å²) in [4.78, 5) is -0.616. The minimum absolute atomic E-state index is 0.114. The van der Waals surface area contributed by atoms with Gasteiger partial charge in [0.25, 0.3) is 0 Å². The van der Waals surface area contributed by atoms with Crippen LogP contribution in [0, 0.1) is 0 Å². The Balaban J connectivity index is 1.94. The Morgan fingerprint density at radius 2 is 1.73 bits per heavy atom. The molecule has 0 aliphatic carbocycles. The summed E-state index contributed by atoms with van der Waals surface area (Å²) in [5.74, 6) is 0. The first kappa shape index (κ1) is 18.5. The van der Waals surface area contributed by atoms with Crippen LogP contribution in [-0.2, 0) is 22.6 Å². The van der Waals surface area contributed by atoms with Crippen molar-refractivity contribution >= 4 is 21.4 Å². The minimum atomic E-state index is -4.69. The fourth-order valence-corrected chi connectivity index (χ4v) is 4.00. The second-order valence-corrected chi connectivity index (χ2v) is 7.91. The molecule has 0 spiro atoms. The second-order valence-electron chi connectivity index (χ2n) is 5.52. The summed E-state index contributed by atoms with van der Waals surface area (Å²) >= 11 is 5.68. The summed E-state index contributed by atoms with van der Waals surface area (Å²) in [6.07, 6.45) is -1.31. The molecule has 9 heteroatoms. The summed E-state index contributed by atoms with van der Waals surface area (Å²) < 4.78 is 65.7. The van der Waals surface area contributed by atoms with Gasteiger partial charge in [0.2, 0.25) is 9.84 Å². The van der Waals surface area contributed by atoms with Crippen LogP contribution in [0.1, 0.15) is 11.1 Å². The topological polar surface area (TPSA) is 52.0 Å². The molecule has 2 aromatic carbocycles. The normalized spacial score (nSPS) is 12.3. The maximum absolute atomic E-state index is 12.9. The van der Waals surface area contributed by atoms with E-state index in [2.05, 4.69) is 5.10 Å². The molecule has 1 heterocycles.